The van der Waals surface area contributed by atoms with Gasteiger partial charge in [0.25, 0.3) is 0 Å². The number of carbonyl (C=O) groups excluding carboxylic acids is 3. The Labute approximate surface area is 165 Å². The van der Waals surface area contributed by atoms with Crippen molar-refractivity contribution in [1.29, 1.82) is 0 Å². The van der Waals surface area contributed by atoms with Crippen LogP contribution in [0.3, 0.4) is 0 Å². The standard InChI is InChI=1S/C20H28N2O6/c1-20(2,3)28-19(25)22-11-15(17(23)26-4)10-16(12-22)21-18(24)27-13-14-8-6-5-7-9-14/h5-9,15-16H,10-13H2,1-4H3,(H,21,24)/t15?,16-/m0/s1. The van der Waals surface area contributed by atoms with Crippen molar-refractivity contribution in [3.8, 4) is 0 Å². The van der Waals surface area contributed by atoms with Gasteiger partial charge in [0, 0.05) is 13.1 Å². The summed E-state index contributed by atoms with van der Waals surface area (Å²) in [5, 5.41) is 2.73. The second-order valence-corrected chi connectivity index (χ2v) is 7.74. The number of benzene rings is 1. The Balaban J connectivity index is 1.97. The lowest BCUT2D eigenvalue weighted by atomic mass is 9.94. The van der Waals surface area contributed by atoms with Crippen LogP contribution in [0.2, 0.25) is 0 Å². The molecule has 1 saturated heterocycles. The van der Waals surface area contributed by atoms with Gasteiger partial charge in [0.1, 0.15) is 12.2 Å². The highest BCUT2D eigenvalue weighted by Gasteiger charge is 2.37. The number of methoxy groups -OCH3 is 1. The minimum absolute atomic E-state index is 0.135. The van der Waals surface area contributed by atoms with E-state index in [-0.39, 0.29) is 19.7 Å². The first-order chi connectivity index (χ1) is 13.2. The van der Waals surface area contributed by atoms with Crippen LogP contribution in [0.1, 0.15) is 32.8 Å². The number of nitrogens with zero attached hydrogens (tertiary/aromatic N) is 1. The monoisotopic (exact) mass is 392 g/mol. The van der Waals surface area contributed by atoms with Crippen molar-refractivity contribution < 1.29 is 28.6 Å². The topological polar surface area (TPSA) is 94.2 Å². The normalized spacial score (nSPS) is 19.5. The molecule has 1 fully saturated rings. The first-order valence-corrected chi connectivity index (χ1v) is 9.21. The fraction of sp³-hybridized carbons (Fsp3) is 0.550. The second kappa shape index (κ2) is 9.43. The number of piperidine rings is 1. The Morgan fingerprint density at radius 3 is 2.43 bits per heavy atom. The van der Waals surface area contributed by atoms with Gasteiger partial charge in [0.05, 0.1) is 19.1 Å². The summed E-state index contributed by atoms with van der Waals surface area (Å²) in [5.74, 6) is -0.983. The molecule has 0 aliphatic carbocycles. The molecule has 1 N–H and O–H groups in total. The molecule has 1 aliphatic rings. The lowest BCUT2D eigenvalue weighted by Crippen LogP contribution is -2.55. The van der Waals surface area contributed by atoms with Crippen LogP contribution in [0.25, 0.3) is 0 Å². The highest BCUT2D eigenvalue weighted by Crippen LogP contribution is 2.21. The molecule has 154 valence electrons. The van der Waals surface area contributed by atoms with E-state index < -0.39 is 35.7 Å². The molecule has 2 amide bonds. The van der Waals surface area contributed by atoms with Gasteiger partial charge in [-0.1, -0.05) is 30.3 Å². The Morgan fingerprint density at radius 1 is 1.14 bits per heavy atom. The van der Waals surface area contributed by atoms with Gasteiger partial charge in [-0.25, -0.2) is 9.59 Å². The lowest BCUT2D eigenvalue weighted by molar-refractivity contribution is -0.147. The number of alkyl carbamates (subject to hydrolysis) is 1. The lowest BCUT2D eigenvalue weighted by Gasteiger charge is -2.37. The molecule has 0 aromatic heterocycles. The third-order valence-electron chi connectivity index (χ3n) is 4.17. The van der Waals surface area contributed by atoms with Crippen molar-refractivity contribution in [2.45, 2.75) is 45.4 Å². The maximum absolute atomic E-state index is 12.4. The summed E-state index contributed by atoms with van der Waals surface area (Å²) >= 11 is 0. The third kappa shape index (κ3) is 6.75. The molecule has 1 heterocycles. The second-order valence-electron chi connectivity index (χ2n) is 7.74. The Morgan fingerprint density at radius 2 is 1.82 bits per heavy atom. The molecular formula is C20H28N2O6. The van der Waals surface area contributed by atoms with E-state index in [1.807, 2.05) is 30.3 Å². The number of esters is 1. The number of ether oxygens (including phenoxy) is 3. The third-order valence-corrected chi connectivity index (χ3v) is 4.17. The van der Waals surface area contributed by atoms with Gasteiger partial charge in [-0.2, -0.15) is 0 Å². The summed E-state index contributed by atoms with van der Waals surface area (Å²) in [4.78, 5) is 38.0. The molecule has 8 heteroatoms. The van der Waals surface area contributed by atoms with E-state index in [4.69, 9.17) is 14.2 Å². The molecule has 28 heavy (non-hydrogen) atoms. The number of hydrogen-bond donors (Lipinski definition) is 1. The molecule has 0 bridgehead atoms. The van der Waals surface area contributed by atoms with Crippen LogP contribution in [-0.2, 0) is 25.6 Å². The van der Waals surface area contributed by atoms with E-state index in [1.54, 1.807) is 20.8 Å². The molecule has 0 spiro atoms. The van der Waals surface area contributed by atoms with Crippen molar-refractivity contribution in [1.82, 2.24) is 10.2 Å². The van der Waals surface area contributed by atoms with Crippen LogP contribution in [0.15, 0.2) is 30.3 Å². The van der Waals surface area contributed by atoms with Gasteiger partial charge in [-0.3, -0.25) is 4.79 Å². The smallest absolute Gasteiger partial charge is 0.410 e. The van der Waals surface area contributed by atoms with Crippen molar-refractivity contribution in [2.75, 3.05) is 20.2 Å². The van der Waals surface area contributed by atoms with Gasteiger partial charge in [-0.15, -0.1) is 0 Å². The molecule has 1 aromatic carbocycles. The summed E-state index contributed by atoms with van der Waals surface area (Å²) in [6, 6.07) is 8.85. The average Bonchev–Trinajstić information content (AvgIpc) is 2.65. The minimum atomic E-state index is -0.660. The van der Waals surface area contributed by atoms with E-state index in [1.165, 1.54) is 12.0 Å². The zero-order chi connectivity index (χ0) is 20.7. The van der Waals surface area contributed by atoms with Gasteiger partial charge in [0.2, 0.25) is 0 Å². The Bertz CT molecular complexity index is 686. The predicted molar refractivity (Wildman–Crippen MR) is 101 cm³/mol. The first kappa shape index (κ1) is 21.5. The fourth-order valence-corrected chi connectivity index (χ4v) is 2.95. The van der Waals surface area contributed by atoms with Crippen LogP contribution < -0.4 is 5.32 Å². The van der Waals surface area contributed by atoms with Crippen molar-refractivity contribution in [2.24, 2.45) is 5.92 Å². The van der Waals surface area contributed by atoms with E-state index in [9.17, 15) is 14.4 Å². The number of hydrogen-bond acceptors (Lipinski definition) is 6. The summed E-state index contributed by atoms with van der Waals surface area (Å²) in [6.45, 7) is 5.84. The molecule has 8 nitrogen and oxygen atoms in total. The van der Waals surface area contributed by atoms with Gasteiger partial charge < -0.3 is 24.4 Å². The fourth-order valence-electron chi connectivity index (χ4n) is 2.95. The van der Waals surface area contributed by atoms with Crippen LogP contribution in [-0.4, -0.2) is 54.9 Å². The maximum Gasteiger partial charge on any atom is 0.410 e. The molecule has 2 rings (SSSR count). The summed E-state index contributed by atoms with van der Waals surface area (Å²) in [7, 11) is 1.30. The average molecular weight is 392 g/mol. The summed E-state index contributed by atoms with van der Waals surface area (Å²) in [6.07, 6.45) is -0.791. The molecule has 1 aliphatic heterocycles. The summed E-state index contributed by atoms with van der Waals surface area (Å²) in [5.41, 5.74) is 0.205. The van der Waals surface area contributed by atoms with Gasteiger partial charge in [-0.05, 0) is 32.8 Å². The first-order valence-electron chi connectivity index (χ1n) is 9.21. The van der Waals surface area contributed by atoms with Crippen molar-refractivity contribution in [3.63, 3.8) is 0 Å². The molecule has 1 aromatic rings. The van der Waals surface area contributed by atoms with Gasteiger partial charge >= 0.3 is 18.2 Å². The van der Waals surface area contributed by atoms with E-state index in [2.05, 4.69) is 5.32 Å². The SMILES string of the molecule is COC(=O)C1C[C@H](NC(=O)OCc2ccccc2)CN(C(=O)OC(C)(C)C)C1. The van der Waals surface area contributed by atoms with Crippen LogP contribution in [0.5, 0.6) is 0 Å². The number of likely N-dealkylation sites (tertiary alicyclic amines) is 1. The molecule has 0 saturated carbocycles. The van der Waals surface area contributed by atoms with Gasteiger partial charge in [0.15, 0.2) is 0 Å². The number of amides is 2. The Hall–Kier alpha value is -2.77. The Kier molecular flexibility index (Phi) is 7.25. The minimum Gasteiger partial charge on any atom is -0.469 e. The predicted octanol–water partition coefficient (Wildman–Crippen LogP) is 2.71. The quantitative estimate of drug-likeness (QED) is 0.625. The van der Waals surface area contributed by atoms with E-state index in [0.29, 0.717) is 6.42 Å². The zero-order valence-corrected chi connectivity index (χ0v) is 16.8. The van der Waals surface area contributed by atoms with Crippen molar-refractivity contribution >= 4 is 18.2 Å². The highest BCUT2D eigenvalue weighted by atomic mass is 16.6. The molecule has 2 atom stereocenters. The molecular weight excluding hydrogens is 364 g/mol. The number of carbonyl (C=O) groups is 3. The highest BCUT2D eigenvalue weighted by molar-refractivity contribution is 5.75. The largest absolute Gasteiger partial charge is 0.469 e. The van der Waals surface area contributed by atoms with Crippen LogP contribution in [0, 0.1) is 5.92 Å². The van der Waals surface area contributed by atoms with E-state index >= 15 is 0 Å². The van der Waals surface area contributed by atoms with E-state index in [0.717, 1.165) is 5.56 Å². The molecule has 1 unspecified atom stereocenters. The summed E-state index contributed by atoms with van der Waals surface area (Å²) < 4.78 is 15.4. The number of nitrogens with one attached hydrogen (secondary N) is 1. The number of rotatable bonds is 4. The van der Waals surface area contributed by atoms with Crippen LogP contribution in [0.4, 0.5) is 9.59 Å². The van der Waals surface area contributed by atoms with Crippen molar-refractivity contribution in [3.05, 3.63) is 35.9 Å². The zero-order valence-electron chi connectivity index (χ0n) is 16.8. The molecule has 0 radical (unpaired) electrons. The maximum atomic E-state index is 12.4. The van der Waals surface area contributed by atoms with Crippen LogP contribution >= 0.6 is 0 Å².